The van der Waals surface area contributed by atoms with Crippen LogP contribution in [0.1, 0.15) is 10.5 Å². The molecule has 6 heteroatoms. The fourth-order valence-electron chi connectivity index (χ4n) is 2.31. The number of para-hydroxylation sites is 1. The van der Waals surface area contributed by atoms with Gasteiger partial charge in [0.25, 0.3) is 0 Å². The highest BCUT2D eigenvalue weighted by atomic mass is 16.4. The summed E-state index contributed by atoms with van der Waals surface area (Å²) < 4.78 is 7.42. The van der Waals surface area contributed by atoms with Crippen molar-refractivity contribution in [2.24, 2.45) is 0 Å². The second kappa shape index (κ2) is 4.17. The number of benzene rings is 1. The average molecular weight is 279 g/mol. The first kappa shape index (κ1) is 11.7. The predicted molar refractivity (Wildman–Crippen MR) is 75.2 cm³/mol. The molecular weight excluding hydrogens is 270 g/mol. The molecule has 6 nitrogen and oxygen atoms in total. The highest BCUT2D eigenvalue weighted by Crippen LogP contribution is 2.27. The van der Waals surface area contributed by atoms with E-state index in [2.05, 4.69) is 9.97 Å². The maximum Gasteiger partial charge on any atom is 0.356 e. The number of hydrogen-bond donors (Lipinski definition) is 1. The van der Waals surface area contributed by atoms with E-state index in [1.807, 2.05) is 30.3 Å². The van der Waals surface area contributed by atoms with E-state index >= 15 is 0 Å². The van der Waals surface area contributed by atoms with Crippen molar-refractivity contribution < 1.29 is 14.3 Å². The van der Waals surface area contributed by atoms with Gasteiger partial charge in [-0.1, -0.05) is 18.2 Å². The van der Waals surface area contributed by atoms with Gasteiger partial charge in [0.15, 0.2) is 11.5 Å². The molecule has 0 aliphatic carbocycles. The summed E-state index contributed by atoms with van der Waals surface area (Å²) in [7, 11) is 0. The van der Waals surface area contributed by atoms with Crippen molar-refractivity contribution in [2.75, 3.05) is 0 Å². The first-order chi connectivity index (χ1) is 10.2. The molecule has 1 N–H and O–H groups in total. The smallest absolute Gasteiger partial charge is 0.356 e. The summed E-state index contributed by atoms with van der Waals surface area (Å²) in [5, 5.41) is 10.0. The lowest BCUT2D eigenvalue weighted by molar-refractivity contribution is 0.0691. The molecule has 3 aromatic heterocycles. The summed E-state index contributed by atoms with van der Waals surface area (Å²) in [5.74, 6) is -0.126. The molecule has 0 aliphatic heterocycles. The molecule has 0 saturated heterocycles. The maximum atomic E-state index is 11.0. The standard InChI is InChI=1S/C15H9N3O3/c19-14(20)10-8-18-11(5-6-16-15(18)17-10)13-7-9-3-1-2-4-12(9)21-13/h1-8H,(H,19,20). The second-order valence-corrected chi connectivity index (χ2v) is 4.58. The van der Waals surface area contributed by atoms with Gasteiger partial charge in [0.2, 0.25) is 5.78 Å². The molecule has 0 saturated carbocycles. The minimum atomic E-state index is -1.09. The van der Waals surface area contributed by atoms with Crippen molar-refractivity contribution in [3.63, 3.8) is 0 Å². The number of aromatic nitrogens is 3. The van der Waals surface area contributed by atoms with E-state index < -0.39 is 5.97 Å². The summed E-state index contributed by atoms with van der Waals surface area (Å²) in [5.41, 5.74) is 1.43. The number of nitrogens with zero attached hydrogens (tertiary/aromatic N) is 3. The van der Waals surface area contributed by atoms with Gasteiger partial charge in [0.05, 0.1) is 5.69 Å². The van der Waals surface area contributed by atoms with E-state index in [-0.39, 0.29) is 5.69 Å². The third-order valence-corrected chi connectivity index (χ3v) is 3.27. The van der Waals surface area contributed by atoms with E-state index in [0.29, 0.717) is 17.2 Å². The number of fused-ring (bicyclic) bond motifs is 2. The lowest BCUT2D eigenvalue weighted by atomic mass is 10.2. The molecular formula is C15H9N3O3. The van der Waals surface area contributed by atoms with E-state index in [1.165, 1.54) is 6.20 Å². The first-order valence-corrected chi connectivity index (χ1v) is 6.29. The van der Waals surface area contributed by atoms with Crippen LogP contribution < -0.4 is 0 Å². The van der Waals surface area contributed by atoms with E-state index in [9.17, 15) is 4.79 Å². The number of imidazole rings is 1. The zero-order valence-corrected chi connectivity index (χ0v) is 10.7. The monoisotopic (exact) mass is 279 g/mol. The van der Waals surface area contributed by atoms with Gasteiger partial charge in [-0.2, -0.15) is 0 Å². The Hall–Kier alpha value is -3.15. The first-order valence-electron chi connectivity index (χ1n) is 6.29. The molecule has 4 rings (SSSR count). The summed E-state index contributed by atoms with van der Waals surface area (Å²) >= 11 is 0. The topological polar surface area (TPSA) is 80.6 Å². The van der Waals surface area contributed by atoms with Crippen molar-refractivity contribution >= 4 is 22.7 Å². The fraction of sp³-hybridized carbons (Fsp3) is 0. The molecule has 0 unspecified atom stereocenters. The third kappa shape index (κ3) is 1.77. The van der Waals surface area contributed by atoms with Gasteiger partial charge in [0.1, 0.15) is 5.58 Å². The van der Waals surface area contributed by atoms with Crippen LogP contribution in [-0.4, -0.2) is 25.4 Å². The molecule has 4 aromatic rings. The zero-order chi connectivity index (χ0) is 14.4. The Labute approximate surface area is 118 Å². The Morgan fingerprint density at radius 3 is 2.90 bits per heavy atom. The minimum absolute atomic E-state index is 0.0499. The lowest BCUT2D eigenvalue weighted by Gasteiger charge is -2.00. The fourth-order valence-corrected chi connectivity index (χ4v) is 2.31. The number of rotatable bonds is 2. The van der Waals surface area contributed by atoms with Crippen molar-refractivity contribution in [2.45, 2.75) is 0 Å². The SMILES string of the molecule is O=C(O)c1cn2c(-c3cc4ccccc4o3)ccnc2n1. The minimum Gasteiger partial charge on any atom is -0.476 e. The van der Waals surface area contributed by atoms with Gasteiger partial charge < -0.3 is 9.52 Å². The van der Waals surface area contributed by atoms with Gasteiger partial charge in [-0.05, 0) is 18.2 Å². The van der Waals surface area contributed by atoms with E-state index in [1.54, 1.807) is 16.7 Å². The number of carboxylic acid groups (broad SMARTS) is 1. The zero-order valence-electron chi connectivity index (χ0n) is 10.7. The number of carboxylic acids is 1. The summed E-state index contributed by atoms with van der Waals surface area (Å²) in [6.07, 6.45) is 3.02. The lowest BCUT2D eigenvalue weighted by Crippen LogP contribution is -1.95. The molecule has 0 radical (unpaired) electrons. The second-order valence-electron chi connectivity index (χ2n) is 4.58. The Morgan fingerprint density at radius 2 is 2.10 bits per heavy atom. The Balaban J connectivity index is 1.98. The van der Waals surface area contributed by atoms with E-state index in [4.69, 9.17) is 9.52 Å². The molecule has 0 spiro atoms. The average Bonchev–Trinajstić information content (AvgIpc) is 3.10. The highest BCUT2D eigenvalue weighted by molar-refractivity contribution is 5.86. The van der Waals surface area contributed by atoms with Gasteiger partial charge in [-0.3, -0.25) is 4.40 Å². The number of aromatic carboxylic acids is 1. The van der Waals surface area contributed by atoms with Crippen molar-refractivity contribution in [3.05, 3.63) is 54.5 Å². The van der Waals surface area contributed by atoms with Crippen molar-refractivity contribution in [1.82, 2.24) is 14.4 Å². The maximum absolute atomic E-state index is 11.0. The van der Waals surface area contributed by atoms with Crippen LogP contribution in [0.15, 0.2) is 53.2 Å². The highest BCUT2D eigenvalue weighted by Gasteiger charge is 2.14. The largest absolute Gasteiger partial charge is 0.476 e. The van der Waals surface area contributed by atoms with Gasteiger partial charge >= 0.3 is 5.97 Å². The third-order valence-electron chi connectivity index (χ3n) is 3.27. The van der Waals surface area contributed by atoms with Crippen LogP contribution in [-0.2, 0) is 0 Å². The quantitative estimate of drug-likeness (QED) is 0.610. The molecule has 0 bridgehead atoms. The molecule has 0 amide bonds. The summed E-state index contributed by atoms with van der Waals surface area (Å²) in [4.78, 5) is 19.1. The molecule has 0 atom stereocenters. The molecule has 0 fully saturated rings. The number of furan rings is 1. The number of hydrogen-bond acceptors (Lipinski definition) is 4. The molecule has 3 heterocycles. The summed E-state index contributed by atoms with van der Waals surface area (Å²) in [6, 6.07) is 11.3. The van der Waals surface area contributed by atoms with Gasteiger partial charge in [-0.25, -0.2) is 14.8 Å². The number of carbonyl (C=O) groups is 1. The van der Waals surface area contributed by atoms with Crippen LogP contribution in [0.4, 0.5) is 0 Å². The van der Waals surface area contributed by atoms with Crippen LogP contribution in [0.25, 0.3) is 28.2 Å². The van der Waals surface area contributed by atoms with Crippen LogP contribution in [0.5, 0.6) is 0 Å². The van der Waals surface area contributed by atoms with Crippen LogP contribution in [0.2, 0.25) is 0 Å². The Kier molecular flexibility index (Phi) is 2.32. The summed E-state index contributed by atoms with van der Waals surface area (Å²) in [6.45, 7) is 0. The molecule has 102 valence electrons. The van der Waals surface area contributed by atoms with Crippen LogP contribution in [0.3, 0.4) is 0 Å². The molecule has 21 heavy (non-hydrogen) atoms. The van der Waals surface area contributed by atoms with Gasteiger partial charge in [-0.15, -0.1) is 0 Å². The van der Waals surface area contributed by atoms with Crippen LogP contribution >= 0.6 is 0 Å². The predicted octanol–water partition coefficient (Wildman–Crippen LogP) is 2.84. The van der Waals surface area contributed by atoms with Gasteiger partial charge in [0, 0.05) is 17.8 Å². The molecule has 1 aromatic carbocycles. The molecule has 0 aliphatic rings. The van der Waals surface area contributed by atoms with Crippen molar-refractivity contribution in [3.8, 4) is 11.5 Å². The normalized spacial score (nSPS) is 11.2. The Morgan fingerprint density at radius 1 is 1.24 bits per heavy atom. The van der Waals surface area contributed by atoms with Crippen LogP contribution in [0, 0.1) is 0 Å². The Bertz CT molecular complexity index is 951. The van der Waals surface area contributed by atoms with Crippen molar-refractivity contribution in [1.29, 1.82) is 0 Å². The van der Waals surface area contributed by atoms with E-state index in [0.717, 1.165) is 11.0 Å².